The molecule has 3 heteroatoms. The van der Waals surface area contributed by atoms with Crippen molar-refractivity contribution in [2.45, 2.75) is 33.4 Å². The molecule has 0 radical (unpaired) electrons. The van der Waals surface area contributed by atoms with Crippen LogP contribution >= 0.6 is 0 Å². The zero-order valence-electron chi connectivity index (χ0n) is 10.7. The molecule has 0 atom stereocenters. The maximum Gasteiger partial charge on any atom is 0.0868 e. The van der Waals surface area contributed by atoms with Crippen LogP contribution in [-0.4, -0.2) is 11.2 Å². The number of nitrogen functional groups attached to an aromatic ring is 1. The van der Waals surface area contributed by atoms with Crippen molar-refractivity contribution in [1.82, 2.24) is 4.57 Å². The molecule has 92 valence electrons. The summed E-state index contributed by atoms with van der Waals surface area (Å²) in [6, 6.07) is 8.60. The van der Waals surface area contributed by atoms with Crippen LogP contribution in [0.3, 0.4) is 0 Å². The SMILES string of the molecule is CCOCc1cc2c(N)cccc2n1C(C)C. The Balaban J connectivity index is 2.58. The number of rotatable bonds is 4. The molecule has 3 nitrogen and oxygen atoms in total. The van der Waals surface area contributed by atoms with Crippen LogP contribution < -0.4 is 5.73 Å². The molecule has 0 aliphatic carbocycles. The third kappa shape index (κ3) is 2.15. The summed E-state index contributed by atoms with van der Waals surface area (Å²) in [7, 11) is 0. The Bertz CT molecular complexity index is 514. The van der Waals surface area contributed by atoms with E-state index in [1.165, 1.54) is 11.2 Å². The molecule has 1 aromatic carbocycles. The minimum atomic E-state index is 0.407. The highest BCUT2D eigenvalue weighted by Gasteiger charge is 2.12. The van der Waals surface area contributed by atoms with Crippen molar-refractivity contribution in [2.24, 2.45) is 0 Å². The summed E-state index contributed by atoms with van der Waals surface area (Å²) >= 11 is 0. The van der Waals surface area contributed by atoms with Gasteiger partial charge in [0.2, 0.25) is 0 Å². The van der Waals surface area contributed by atoms with Crippen LogP contribution in [0.4, 0.5) is 5.69 Å². The number of nitrogens with two attached hydrogens (primary N) is 1. The van der Waals surface area contributed by atoms with Crippen LogP contribution in [0, 0.1) is 0 Å². The molecule has 1 heterocycles. The number of fused-ring (bicyclic) bond motifs is 1. The Kier molecular flexibility index (Phi) is 3.38. The molecule has 0 spiro atoms. The van der Waals surface area contributed by atoms with E-state index in [0.717, 1.165) is 17.7 Å². The van der Waals surface area contributed by atoms with Gasteiger partial charge in [-0.2, -0.15) is 0 Å². The van der Waals surface area contributed by atoms with Gasteiger partial charge in [0, 0.05) is 29.4 Å². The van der Waals surface area contributed by atoms with Crippen molar-refractivity contribution < 1.29 is 4.74 Å². The molecule has 2 aromatic rings. The Morgan fingerprint density at radius 1 is 1.35 bits per heavy atom. The monoisotopic (exact) mass is 232 g/mol. The standard InChI is InChI=1S/C14H20N2O/c1-4-17-9-11-8-12-13(15)6-5-7-14(12)16(11)10(2)3/h5-8,10H,4,9,15H2,1-3H3. The summed E-state index contributed by atoms with van der Waals surface area (Å²) in [5.74, 6) is 0. The Hall–Kier alpha value is -1.48. The van der Waals surface area contributed by atoms with Crippen LogP contribution in [-0.2, 0) is 11.3 Å². The first kappa shape index (κ1) is 12.0. The van der Waals surface area contributed by atoms with E-state index in [1.807, 2.05) is 19.1 Å². The second kappa shape index (κ2) is 4.80. The summed E-state index contributed by atoms with van der Waals surface area (Å²) in [5.41, 5.74) is 9.23. The fourth-order valence-electron chi connectivity index (χ4n) is 2.26. The van der Waals surface area contributed by atoms with Crippen molar-refractivity contribution in [3.8, 4) is 0 Å². The van der Waals surface area contributed by atoms with Crippen LogP contribution in [0.15, 0.2) is 24.3 Å². The summed E-state index contributed by atoms with van der Waals surface area (Å²) in [4.78, 5) is 0. The highest BCUT2D eigenvalue weighted by molar-refractivity contribution is 5.92. The molecule has 1 aromatic heterocycles. The van der Waals surface area contributed by atoms with Crippen molar-refractivity contribution in [2.75, 3.05) is 12.3 Å². The zero-order valence-corrected chi connectivity index (χ0v) is 10.7. The number of hydrogen-bond acceptors (Lipinski definition) is 2. The minimum absolute atomic E-state index is 0.407. The summed E-state index contributed by atoms with van der Waals surface area (Å²) < 4.78 is 7.81. The predicted molar refractivity (Wildman–Crippen MR) is 72.1 cm³/mol. The average Bonchev–Trinajstić information content (AvgIpc) is 2.66. The summed E-state index contributed by atoms with van der Waals surface area (Å²) in [6.07, 6.45) is 0. The molecule has 0 aliphatic rings. The molecule has 0 fully saturated rings. The molecular formula is C14H20N2O. The number of aromatic nitrogens is 1. The van der Waals surface area contributed by atoms with E-state index in [1.54, 1.807) is 0 Å². The smallest absolute Gasteiger partial charge is 0.0868 e. The number of ether oxygens (including phenoxy) is 1. The maximum absolute atomic E-state index is 6.01. The lowest BCUT2D eigenvalue weighted by Crippen LogP contribution is -2.06. The fraction of sp³-hybridized carbons (Fsp3) is 0.429. The summed E-state index contributed by atoms with van der Waals surface area (Å²) in [6.45, 7) is 7.74. The Morgan fingerprint density at radius 3 is 2.76 bits per heavy atom. The number of nitrogens with zero attached hydrogens (tertiary/aromatic N) is 1. The zero-order chi connectivity index (χ0) is 12.4. The van der Waals surface area contributed by atoms with Gasteiger partial charge in [0.25, 0.3) is 0 Å². The molecular weight excluding hydrogens is 212 g/mol. The van der Waals surface area contributed by atoms with E-state index < -0.39 is 0 Å². The number of hydrogen-bond donors (Lipinski definition) is 1. The molecule has 0 saturated heterocycles. The highest BCUT2D eigenvalue weighted by Crippen LogP contribution is 2.28. The van der Waals surface area contributed by atoms with Gasteiger partial charge < -0.3 is 15.0 Å². The van der Waals surface area contributed by atoms with E-state index in [4.69, 9.17) is 10.5 Å². The minimum Gasteiger partial charge on any atom is -0.398 e. The van der Waals surface area contributed by atoms with Gasteiger partial charge >= 0.3 is 0 Å². The first-order valence-electron chi connectivity index (χ1n) is 6.11. The Morgan fingerprint density at radius 2 is 2.12 bits per heavy atom. The highest BCUT2D eigenvalue weighted by atomic mass is 16.5. The maximum atomic E-state index is 6.01. The number of benzene rings is 1. The van der Waals surface area contributed by atoms with Gasteiger partial charge in [-0.15, -0.1) is 0 Å². The largest absolute Gasteiger partial charge is 0.398 e. The topological polar surface area (TPSA) is 40.2 Å². The molecule has 0 saturated carbocycles. The van der Waals surface area contributed by atoms with E-state index >= 15 is 0 Å². The van der Waals surface area contributed by atoms with Crippen molar-refractivity contribution in [1.29, 1.82) is 0 Å². The molecule has 0 amide bonds. The van der Waals surface area contributed by atoms with Gasteiger partial charge in [-0.3, -0.25) is 0 Å². The second-order valence-electron chi connectivity index (χ2n) is 4.52. The molecule has 0 bridgehead atoms. The van der Waals surface area contributed by atoms with Gasteiger partial charge in [-0.05, 0) is 39.0 Å². The first-order chi connectivity index (χ1) is 8.15. The lowest BCUT2D eigenvalue weighted by Gasteiger charge is -2.14. The van der Waals surface area contributed by atoms with E-state index in [9.17, 15) is 0 Å². The molecule has 2 rings (SSSR count). The molecule has 2 N–H and O–H groups in total. The van der Waals surface area contributed by atoms with E-state index in [0.29, 0.717) is 12.6 Å². The van der Waals surface area contributed by atoms with Crippen LogP contribution in [0.1, 0.15) is 32.5 Å². The van der Waals surface area contributed by atoms with Crippen LogP contribution in [0.25, 0.3) is 10.9 Å². The van der Waals surface area contributed by atoms with Gasteiger partial charge in [0.15, 0.2) is 0 Å². The normalized spacial score (nSPS) is 11.5. The van der Waals surface area contributed by atoms with Crippen LogP contribution in [0.5, 0.6) is 0 Å². The second-order valence-corrected chi connectivity index (χ2v) is 4.52. The van der Waals surface area contributed by atoms with Crippen molar-refractivity contribution >= 4 is 16.6 Å². The lowest BCUT2D eigenvalue weighted by atomic mass is 10.2. The van der Waals surface area contributed by atoms with E-state index in [-0.39, 0.29) is 0 Å². The Labute approximate surface area is 102 Å². The molecule has 0 unspecified atom stereocenters. The molecule has 0 aliphatic heterocycles. The van der Waals surface area contributed by atoms with Crippen molar-refractivity contribution in [3.63, 3.8) is 0 Å². The van der Waals surface area contributed by atoms with Gasteiger partial charge in [0.05, 0.1) is 12.1 Å². The summed E-state index contributed by atoms with van der Waals surface area (Å²) in [5, 5.41) is 1.12. The van der Waals surface area contributed by atoms with Gasteiger partial charge in [-0.1, -0.05) is 6.07 Å². The number of anilines is 1. The molecule has 17 heavy (non-hydrogen) atoms. The fourth-order valence-corrected chi connectivity index (χ4v) is 2.26. The third-order valence-corrected chi connectivity index (χ3v) is 2.97. The van der Waals surface area contributed by atoms with Gasteiger partial charge in [-0.25, -0.2) is 0 Å². The van der Waals surface area contributed by atoms with E-state index in [2.05, 4.69) is 30.5 Å². The third-order valence-electron chi connectivity index (χ3n) is 2.97. The van der Waals surface area contributed by atoms with Crippen molar-refractivity contribution in [3.05, 3.63) is 30.0 Å². The first-order valence-corrected chi connectivity index (χ1v) is 6.11. The lowest BCUT2D eigenvalue weighted by molar-refractivity contribution is 0.128. The quantitative estimate of drug-likeness (QED) is 0.821. The predicted octanol–water partition coefficient (Wildman–Crippen LogP) is 3.34. The average molecular weight is 232 g/mol. The van der Waals surface area contributed by atoms with Gasteiger partial charge in [0.1, 0.15) is 0 Å². The van der Waals surface area contributed by atoms with Crippen LogP contribution in [0.2, 0.25) is 0 Å².